The molecule has 1 saturated heterocycles. The summed E-state index contributed by atoms with van der Waals surface area (Å²) in [5.41, 5.74) is 4.08. The van der Waals surface area contributed by atoms with Crippen molar-refractivity contribution in [2.75, 3.05) is 17.7 Å². The van der Waals surface area contributed by atoms with Crippen LogP contribution in [0.5, 0.6) is 0 Å². The fourth-order valence-electron chi connectivity index (χ4n) is 3.52. The predicted molar refractivity (Wildman–Crippen MR) is 125 cm³/mol. The lowest BCUT2D eigenvalue weighted by Gasteiger charge is -2.16. The second-order valence-corrected chi connectivity index (χ2v) is 9.15. The Morgan fingerprint density at radius 1 is 1.30 bits per heavy atom. The van der Waals surface area contributed by atoms with Crippen LogP contribution < -0.4 is 5.32 Å². The van der Waals surface area contributed by atoms with Crippen molar-refractivity contribution in [2.24, 2.45) is 0 Å². The lowest BCUT2D eigenvalue weighted by Crippen LogP contribution is -2.18. The van der Waals surface area contributed by atoms with E-state index in [2.05, 4.69) is 42.9 Å². The standard InChI is InChI=1S/C23H24BrN3O2S/c1-16-9-10-20(19(24)12-16)26-22(28)15-30-23-25-13-21(17-6-3-2-4-7-17)27(23)14-18-8-5-11-29-18/h2-4,6-7,9-10,12-13,18H,5,8,11,14-15H2,1H3,(H,26,28). The summed E-state index contributed by atoms with van der Waals surface area (Å²) < 4.78 is 8.92. The lowest BCUT2D eigenvalue weighted by molar-refractivity contribution is -0.113. The molecular weight excluding hydrogens is 462 g/mol. The molecule has 0 bridgehead atoms. The largest absolute Gasteiger partial charge is 0.376 e. The van der Waals surface area contributed by atoms with Crippen LogP contribution in [0, 0.1) is 6.92 Å². The second kappa shape index (κ2) is 9.81. The Kier molecular flexibility index (Phi) is 6.92. The number of hydrogen-bond donors (Lipinski definition) is 1. The molecule has 1 aliphatic heterocycles. The molecule has 2 heterocycles. The fourth-order valence-corrected chi connectivity index (χ4v) is 4.90. The normalized spacial score (nSPS) is 16.0. The summed E-state index contributed by atoms with van der Waals surface area (Å²) in [7, 11) is 0. The summed E-state index contributed by atoms with van der Waals surface area (Å²) in [6, 6.07) is 16.1. The van der Waals surface area contributed by atoms with Crippen LogP contribution in [0.3, 0.4) is 0 Å². The Morgan fingerprint density at radius 3 is 2.87 bits per heavy atom. The van der Waals surface area contributed by atoms with E-state index in [1.54, 1.807) is 0 Å². The van der Waals surface area contributed by atoms with E-state index >= 15 is 0 Å². The summed E-state index contributed by atoms with van der Waals surface area (Å²) in [4.78, 5) is 17.2. The van der Waals surface area contributed by atoms with E-state index in [4.69, 9.17) is 4.74 Å². The third-order valence-corrected chi connectivity index (χ3v) is 6.68. The minimum atomic E-state index is -0.0579. The molecule has 4 rings (SSSR count). The molecule has 1 atom stereocenters. The summed E-state index contributed by atoms with van der Waals surface area (Å²) in [5, 5.41) is 3.81. The van der Waals surface area contributed by atoms with Crippen LogP contribution in [0.2, 0.25) is 0 Å². The monoisotopic (exact) mass is 485 g/mol. The highest BCUT2D eigenvalue weighted by Crippen LogP contribution is 2.29. The second-order valence-electron chi connectivity index (χ2n) is 7.36. The summed E-state index contributed by atoms with van der Waals surface area (Å²) in [6.07, 6.45) is 4.23. The zero-order valence-electron chi connectivity index (χ0n) is 16.8. The van der Waals surface area contributed by atoms with E-state index in [-0.39, 0.29) is 17.8 Å². The van der Waals surface area contributed by atoms with Gasteiger partial charge in [0.05, 0.1) is 36.0 Å². The number of carbonyl (C=O) groups excluding carboxylic acids is 1. The summed E-state index contributed by atoms with van der Waals surface area (Å²) >= 11 is 4.96. The van der Waals surface area contributed by atoms with Gasteiger partial charge in [-0.1, -0.05) is 48.2 Å². The Hall–Kier alpha value is -2.09. The van der Waals surface area contributed by atoms with Crippen LogP contribution in [-0.4, -0.2) is 33.9 Å². The third-order valence-electron chi connectivity index (χ3n) is 5.03. The summed E-state index contributed by atoms with van der Waals surface area (Å²) in [5.74, 6) is 0.231. The number of imidazole rings is 1. The highest BCUT2D eigenvalue weighted by molar-refractivity contribution is 9.10. The van der Waals surface area contributed by atoms with E-state index in [0.29, 0.717) is 0 Å². The maximum Gasteiger partial charge on any atom is 0.234 e. The first kappa shape index (κ1) is 21.2. The number of carbonyl (C=O) groups is 1. The number of benzene rings is 2. The first-order chi connectivity index (χ1) is 14.6. The van der Waals surface area contributed by atoms with E-state index < -0.39 is 0 Å². The zero-order chi connectivity index (χ0) is 20.9. The molecule has 1 aromatic heterocycles. The Balaban J connectivity index is 1.48. The first-order valence-corrected chi connectivity index (χ1v) is 11.8. The van der Waals surface area contributed by atoms with E-state index in [0.717, 1.165) is 58.1 Å². The fraction of sp³-hybridized carbons (Fsp3) is 0.304. The third kappa shape index (κ3) is 5.14. The van der Waals surface area contributed by atoms with Gasteiger partial charge in [-0.05, 0) is 59.0 Å². The molecule has 156 valence electrons. The molecule has 0 radical (unpaired) electrons. The van der Waals surface area contributed by atoms with Crippen LogP contribution in [-0.2, 0) is 16.1 Å². The molecule has 3 aromatic rings. The van der Waals surface area contributed by atoms with Crippen LogP contribution in [0.4, 0.5) is 5.69 Å². The summed E-state index contributed by atoms with van der Waals surface area (Å²) in [6.45, 7) is 3.58. The number of aryl methyl sites for hydroxylation is 1. The highest BCUT2D eigenvalue weighted by Gasteiger charge is 2.21. The van der Waals surface area contributed by atoms with Crippen molar-refractivity contribution in [3.8, 4) is 11.3 Å². The van der Waals surface area contributed by atoms with Crippen molar-refractivity contribution in [1.82, 2.24) is 9.55 Å². The van der Waals surface area contributed by atoms with Gasteiger partial charge in [-0.15, -0.1) is 0 Å². The Bertz CT molecular complexity index is 1020. The molecule has 7 heteroatoms. The quantitative estimate of drug-likeness (QED) is 0.446. The number of anilines is 1. The van der Waals surface area contributed by atoms with Crippen molar-refractivity contribution in [3.05, 3.63) is 64.8 Å². The number of nitrogens with one attached hydrogen (secondary N) is 1. The number of hydrogen-bond acceptors (Lipinski definition) is 4. The minimum Gasteiger partial charge on any atom is -0.376 e. The Labute approximate surface area is 189 Å². The molecule has 1 fully saturated rings. The number of ether oxygens (including phenoxy) is 1. The van der Waals surface area contributed by atoms with Gasteiger partial charge in [-0.25, -0.2) is 4.98 Å². The number of nitrogens with zero attached hydrogens (tertiary/aromatic N) is 2. The number of rotatable bonds is 7. The smallest absolute Gasteiger partial charge is 0.234 e. The Morgan fingerprint density at radius 2 is 2.13 bits per heavy atom. The topological polar surface area (TPSA) is 56.2 Å². The maximum atomic E-state index is 12.5. The van der Waals surface area contributed by atoms with Gasteiger partial charge in [-0.2, -0.15) is 0 Å². The van der Waals surface area contributed by atoms with Crippen molar-refractivity contribution in [1.29, 1.82) is 0 Å². The first-order valence-electron chi connectivity index (χ1n) is 10.0. The number of amides is 1. The molecule has 0 saturated carbocycles. The lowest BCUT2D eigenvalue weighted by atomic mass is 10.1. The van der Waals surface area contributed by atoms with Gasteiger partial charge in [0.2, 0.25) is 5.91 Å². The van der Waals surface area contributed by atoms with Gasteiger partial charge in [-0.3, -0.25) is 4.79 Å². The van der Waals surface area contributed by atoms with Crippen LogP contribution in [0.1, 0.15) is 18.4 Å². The molecule has 1 amide bonds. The SMILES string of the molecule is Cc1ccc(NC(=O)CSc2ncc(-c3ccccc3)n2CC2CCCO2)c(Br)c1. The molecule has 2 aromatic carbocycles. The predicted octanol–water partition coefficient (Wildman–Crippen LogP) is 5.53. The molecule has 30 heavy (non-hydrogen) atoms. The maximum absolute atomic E-state index is 12.5. The van der Waals surface area contributed by atoms with Gasteiger partial charge in [0.1, 0.15) is 0 Å². The van der Waals surface area contributed by atoms with Gasteiger partial charge >= 0.3 is 0 Å². The van der Waals surface area contributed by atoms with Crippen molar-refractivity contribution in [3.63, 3.8) is 0 Å². The van der Waals surface area contributed by atoms with Crippen LogP contribution in [0.15, 0.2) is 64.4 Å². The van der Waals surface area contributed by atoms with Gasteiger partial charge in [0.15, 0.2) is 5.16 Å². The molecule has 5 nitrogen and oxygen atoms in total. The van der Waals surface area contributed by atoms with Gasteiger partial charge < -0.3 is 14.6 Å². The minimum absolute atomic E-state index is 0.0579. The van der Waals surface area contributed by atoms with Crippen molar-refractivity contribution >= 4 is 39.3 Å². The highest BCUT2D eigenvalue weighted by atomic mass is 79.9. The van der Waals surface area contributed by atoms with E-state index in [9.17, 15) is 4.79 Å². The average molecular weight is 486 g/mol. The van der Waals surface area contributed by atoms with Crippen LogP contribution >= 0.6 is 27.7 Å². The molecule has 1 aliphatic rings. The molecule has 0 spiro atoms. The van der Waals surface area contributed by atoms with Crippen molar-refractivity contribution < 1.29 is 9.53 Å². The number of halogens is 1. The van der Waals surface area contributed by atoms with E-state index in [1.165, 1.54) is 11.8 Å². The van der Waals surface area contributed by atoms with Gasteiger partial charge in [0.25, 0.3) is 0 Å². The van der Waals surface area contributed by atoms with Gasteiger partial charge in [0, 0.05) is 11.1 Å². The number of thioether (sulfide) groups is 1. The molecule has 0 aliphatic carbocycles. The number of aromatic nitrogens is 2. The molecule has 1 unspecified atom stereocenters. The molecule has 1 N–H and O–H groups in total. The van der Waals surface area contributed by atoms with Crippen LogP contribution in [0.25, 0.3) is 11.3 Å². The van der Waals surface area contributed by atoms with Crippen molar-refractivity contribution in [2.45, 2.75) is 37.6 Å². The zero-order valence-corrected chi connectivity index (χ0v) is 19.2. The molecular formula is C23H24BrN3O2S. The average Bonchev–Trinajstić information content (AvgIpc) is 3.40. The van der Waals surface area contributed by atoms with E-state index in [1.807, 2.05) is 49.5 Å².